The van der Waals surface area contributed by atoms with Gasteiger partial charge in [-0.05, 0) is 32.4 Å². The number of anilines is 1. The molecule has 22 heavy (non-hydrogen) atoms. The molecule has 0 aliphatic carbocycles. The van der Waals surface area contributed by atoms with Gasteiger partial charge in [0.05, 0.1) is 18.4 Å². The van der Waals surface area contributed by atoms with E-state index in [1.165, 1.54) is 13.2 Å². The highest BCUT2D eigenvalue weighted by Gasteiger charge is 2.22. The van der Waals surface area contributed by atoms with E-state index in [2.05, 4.69) is 15.4 Å². The summed E-state index contributed by atoms with van der Waals surface area (Å²) in [6, 6.07) is 5.93. The second-order valence-electron chi connectivity index (χ2n) is 5.39. The zero-order valence-electron chi connectivity index (χ0n) is 12.8. The maximum Gasteiger partial charge on any atom is 0.339 e. The lowest BCUT2D eigenvalue weighted by Crippen LogP contribution is -2.46. The van der Waals surface area contributed by atoms with Crippen LogP contribution in [0.25, 0.3) is 0 Å². The van der Waals surface area contributed by atoms with Crippen molar-refractivity contribution in [2.75, 3.05) is 12.4 Å². The van der Waals surface area contributed by atoms with Gasteiger partial charge in [0.1, 0.15) is 0 Å². The fourth-order valence-corrected chi connectivity index (χ4v) is 1.82. The van der Waals surface area contributed by atoms with Gasteiger partial charge in [-0.15, -0.1) is 0 Å². The summed E-state index contributed by atoms with van der Waals surface area (Å²) in [5, 5.41) is 13.9. The Labute approximate surface area is 128 Å². The summed E-state index contributed by atoms with van der Waals surface area (Å²) in [6.07, 6.45) is 0.237. The first kappa shape index (κ1) is 17.5. The monoisotopic (exact) mass is 308 g/mol. The predicted octanol–water partition coefficient (Wildman–Crippen LogP) is 2.24. The van der Waals surface area contributed by atoms with Crippen LogP contribution in [0.2, 0.25) is 0 Å². The van der Waals surface area contributed by atoms with Crippen LogP contribution in [0.4, 0.5) is 10.5 Å². The molecule has 0 saturated heterocycles. The summed E-state index contributed by atoms with van der Waals surface area (Å²) < 4.78 is 4.65. The number of carboxylic acid groups (broad SMARTS) is 1. The van der Waals surface area contributed by atoms with Gasteiger partial charge in [-0.3, -0.25) is 4.79 Å². The molecule has 1 aromatic carbocycles. The number of carboxylic acids is 1. The molecule has 7 heteroatoms. The number of rotatable bonds is 6. The summed E-state index contributed by atoms with van der Waals surface area (Å²) >= 11 is 0. The number of aliphatic carboxylic acids is 1. The first-order valence-electron chi connectivity index (χ1n) is 6.73. The van der Waals surface area contributed by atoms with E-state index in [4.69, 9.17) is 5.11 Å². The van der Waals surface area contributed by atoms with Gasteiger partial charge in [0.2, 0.25) is 0 Å². The molecule has 1 aromatic rings. The molecular formula is C15H20N2O5. The fraction of sp³-hybridized carbons (Fsp3) is 0.400. The molecule has 2 amide bonds. The van der Waals surface area contributed by atoms with E-state index in [1.807, 2.05) is 0 Å². The van der Waals surface area contributed by atoms with Crippen molar-refractivity contribution < 1.29 is 24.2 Å². The molecule has 1 rings (SSSR count). The van der Waals surface area contributed by atoms with E-state index < -0.39 is 23.5 Å². The predicted molar refractivity (Wildman–Crippen MR) is 80.9 cm³/mol. The van der Waals surface area contributed by atoms with Gasteiger partial charge < -0.3 is 20.5 Å². The van der Waals surface area contributed by atoms with Crippen molar-refractivity contribution in [2.45, 2.75) is 32.2 Å². The smallest absolute Gasteiger partial charge is 0.339 e. The van der Waals surface area contributed by atoms with E-state index in [1.54, 1.807) is 32.0 Å². The molecule has 0 unspecified atom stereocenters. The van der Waals surface area contributed by atoms with Crippen LogP contribution in [0.1, 0.15) is 37.0 Å². The maximum atomic E-state index is 12.0. The van der Waals surface area contributed by atoms with Gasteiger partial charge >= 0.3 is 18.0 Å². The van der Waals surface area contributed by atoms with Crippen molar-refractivity contribution >= 4 is 23.7 Å². The van der Waals surface area contributed by atoms with Crippen LogP contribution in [0.5, 0.6) is 0 Å². The second kappa shape index (κ2) is 7.44. The number of methoxy groups -OCH3 is 1. The number of esters is 1. The van der Waals surface area contributed by atoms with Gasteiger partial charge in [0.15, 0.2) is 0 Å². The molecule has 0 bridgehead atoms. The Morgan fingerprint density at radius 2 is 1.86 bits per heavy atom. The van der Waals surface area contributed by atoms with E-state index in [-0.39, 0.29) is 18.4 Å². The molecular weight excluding hydrogens is 288 g/mol. The zero-order chi connectivity index (χ0) is 16.8. The molecule has 0 heterocycles. The van der Waals surface area contributed by atoms with Crippen LogP contribution in [0, 0.1) is 0 Å². The largest absolute Gasteiger partial charge is 0.481 e. The van der Waals surface area contributed by atoms with Crippen molar-refractivity contribution in [2.24, 2.45) is 0 Å². The number of carbonyl (C=O) groups excluding carboxylic acids is 2. The normalized spacial score (nSPS) is 10.7. The summed E-state index contributed by atoms with van der Waals surface area (Å²) in [5.41, 5.74) is -0.132. The third kappa shape index (κ3) is 5.43. The Balaban J connectivity index is 2.73. The lowest BCUT2D eigenvalue weighted by Gasteiger charge is -2.26. The van der Waals surface area contributed by atoms with Crippen molar-refractivity contribution in [3.8, 4) is 0 Å². The fourth-order valence-electron chi connectivity index (χ4n) is 1.82. The number of urea groups is 1. The molecule has 0 atom stereocenters. The van der Waals surface area contributed by atoms with Crippen LogP contribution in [-0.4, -0.2) is 35.7 Å². The number of nitrogens with one attached hydrogen (secondary N) is 2. The van der Waals surface area contributed by atoms with Crippen LogP contribution in [0.15, 0.2) is 24.3 Å². The Bertz CT molecular complexity index is 569. The van der Waals surface area contributed by atoms with Crippen molar-refractivity contribution in [1.29, 1.82) is 0 Å². The molecule has 0 aliphatic rings. The SMILES string of the molecule is COC(=O)c1ccccc1NC(=O)NC(C)(C)CCC(=O)O. The molecule has 0 fully saturated rings. The summed E-state index contributed by atoms with van der Waals surface area (Å²) in [4.78, 5) is 34.2. The first-order chi connectivity index (χ1) is 10.2. The second-order valence-corrected chi connectivity index (χ2v) is 5.39. The molecule has 0 aromatic heterocycles. The van der Waals surface area contributed by atoms with Gasteiger partial charge in [-0.1, -0.05) is 12.1 Å². The number of hydrogen-bond donors (Lipinski definition) is 3. The Morgan fingerprint density at radius 3 is 2.45 bits per heavy atom. The zero-order valence-corrected chi connectivity index (χ0v) is 12.8. The van der Waals surface area contributed by atoms with Crippen molar-refractivity contribution in [3.63, 3.8) is 0 Å². The van der Waals surface area contributed by atoms with Gasteiger partial charge in [0.25, 0.3) is 0 Å². The first-order valence-corrected chi connectivity index (χ1v) is 6.73. The third-order valence-electron chi connectivity index (χ3n) is 3.00. The number of para-hydroxylation sites is 1. The Morgan fingerprint density at radius 1 is 1.23 bits per heavy atom. The van der Waals surface area contributed by atoms with Crippen molar-refractivity contribution in [3.05, 3.63) is 29.8 Å². The minimum absolute atomic E-state index is 0.0496. The van der Waals surface area contributed by atoms with Gasteiger partial charge in [0, 0.05) is 12.0 Å². The summed E-state index contributed by atoms with van der Waals surface area (Å²) in [7, 11) is 1.26. The molecule has 3 N–H and O–H groups in total. The van der Waals surface area contributed by atoms with Gasteiger partial charge in [-0.25, -0.2) is 9.59 Å². The Hall–Kier alpha value is -2.57. The minimum Gasteiger partial charge on any atom is -0.481 e. The molecule has 7 nitrogen and oxygen atoms in total. The van der Waals surface area contributed by atoms with Crippen molar-refractivity contribution in [1.82, 2.24) is 5.32 Å². The van der Waals surface area contributed by atoms with Gasteiger partial charge in [-0.2, -0.15) is 0 Å². The highest BCUT2D eigenvalue weighted by Crippen LogP contribution is 2.17. The lowest BCUT2D eigenvalue weighted by molar-refractivity contribution is -0.137. The highest BCUT2D eigenvalue weighted by atomic mass is 16.5. The maximum absolute atomic E-state index is 12.0. The molecule has 0 saturated carbocycles. The average Bonchev–Trinajstić information content (AvgIpc) is 2.44. The van der Waals surface area contributed by atoms with Crippen LogP contribution >= 0.6 is 0 Å². The standard InChI is InChI=1S/C15H20N2O5/c1-15(2,9-8-12(18)19)17-14(21)16-11-7-5-4-6-10(11)13(20)22-3/h4-7H,8-9H2,1-3H3,(H,18,19)(H2,16,17,21). The number of amides is 2. The Kier molecular flexibility index (Phi) is 5.91. The molecule has 120 valence electrons. The number of ether oxygens (including phenoxy) is 1. The molecule has 0 aliphatic heterocycles. The lowest BCUT2D eigenvalue weighted by atomic mass is 9.99. The number of carbonyl (C=O) groups is 3. The van der Waals surface area contributed by atoms with Crippen LogP contribution < -0.4 is 10.6 Å². The third-order valence-corrected chi connectivity index (χ3v) is 3.00. The summed E-state index contributed by atoms with van der Waals surface area (Å²) in [5.74, 6) is -1.48. The minimum atomic E-state index is -0.925. The highest BCUT2D eigenvalue weighted by molar-refractivity contribution is 6.00. The average molecular weight is 308 g/mol. The van der Waals surface area contributed by atoms with E-state index in [0.717, 1.165) is 0 Å². The quantitative estimate of drug-likeness (QED) is 0.699. The van der Waals surface area contributed by atoms with Crippen LogP contribution in [0.3, 0.4) is 0 Å². The topological polar surface area (TPSA) is 105 Å². The van der Waals surface area contributed by atoms with Crippen LogP contribution in [-0.2, 0) is 9.53 Å². The van der Waals surface area contributed by atoms with E-state index in [0.29, 0.717) is 5.69 Å². The summed E-state index contributed by atoms with van der Waals surface area (Å²) in [6.45, 7) is 3.45. The van der Waals surface area contributed by atoms with E-state index in [9.17, 15) is 14.4 Å². The number of benzene rings is 1. The molecule has 0 radical (unpaired) electrons. The number of hydrogen-bond acceptors (Lipinski definition) is 4. The van der Waals surface area contributed by atoms with E-state index >= 15 is 0 Å². The molecule has 0 spiro atoms.